The summed E-state index contributed by atoms with van der Waals surface area (Å²) in [6.07, 6.45) is 0. The fraction of sp³-hybridized carbons (Fsp3) is 0. The minimum atomic E-state index is 0.702. The normalized spacial score (nSPS) is 11.4. The Morgan fingerprint density at radius 1 is 0.271 bits per heavy atom. The highest BCUT2D eigenvalue weighted by Crippen LogP contribution is 2.38. The van der Waals surface area contributed by atoms with Gasteiger partial charge in [-0.2, -0.15) is 0 Å². The summed E-state index contributed by atoms with van der Waals surface area (Å²) in [4.78, 5) is 10.3. The van der Waals surface area contributed by atoms with Gasteiger partial charge in [-0.1, -0.05) is 194 Å². The molecule has 0 aliphatic rings. The molecule has 0 saturated carbocycles. The molecule has 11 rings (SSSR count). The number of rotatable bonds is 7. The molecular formula is C56H37N3. The number of fused-ring (bicyclic) bond motifs is 4. The van der Waals surface area contributed by atoms with Crippen molar-refractivity contribution in [3.05, 3.63) is 224 Å². The molecule has 0 aliphatic heterocycles. The number of nitrogens with zero attached hydrogens (tertiary/aromatic N) is 3. The highest BCUT2D eigenvalue weighted by Gasteiger charge is 2.16. The predicted molar refractivity (Wildman–Crippen MR) is 246 cm³/mol. The van der Waals surface area contributed by atoms with Gasteiger partial charge >= 0.3 is 0 Å². The third kappa shape index (κ3) is 6.26. The SMILES string of the molecule is c1ccc(-c2ccc(-c3nc(-c4ccccc4)cc(-c4ccc(-c5ccc(-c6ccc(-n7c8ccccc8c8ccccc87)cc6)cc5)c5ccccc45)n3)cc2)cc1. The zero-order valence-corrected chi connectivity index (χ0v) is 32.2. The zero-order valence-electron chi connectivity index (χ0n) is 32.2. The maximum atomic E-state index is 5.24. The van der Waals surface area contributed by atoms with E-state index in [0.29, 0.717) is 5.82 Å². The Balaban J connectivity index is 0.939. The number of aromatic nitrogens is 3. The van der Waals surface area contributed by atoms with Crippen LogP contribution in [-0.2, 0) is 0 Å². The number of para-hydroxylation sites is 2. The molecule has 11 aromatic rings. The first kappa shape index (κ1) is 34.4. The highest BCUT2D eigenvalue weighted by molar-refractivity contribution is 6.09. The Morgan fingerprint density at radius 2 is 0.678 bits per heavy atom. The highest BCUT2D eigenvalue weighted by atomic mass is 15.0. The molecular weight excluding hydrogens is 715 g/mol. The molecule has 2 aromatic heterocycles. The van der Waals surface area contributed by atoms with E-state index >= 15 is 0 Å². The van der Waals surface area contributed by atoms with Gasteiger partial charge in [-0.25, -0.2) is 9.97 Å². The van der Waals surface area contributed by atoms with E-state index in [-0.39, 0.29) is 0 Å². The topological polar surface area (TPSA) is 30.7 Å². The van der Waals surface area contributed by atoms with Crippen molar-refractivity contribution in [2.45, 2.75) is 0 Å². The van der Waals surface area contributed by atoms with Crippen molar-refractivity contribution in [3.63, 3.8) is 0 Å². The third-order valence-corrected chi connectivity index (χ3v) is 11.5. The summed E-state index contributed by atoms with van der Waals surface area (Å²) in [5.74, 6) is 0.702. The van der Waals surface area contributed by atoms with Crippen molar-refractivity contribution in [1.29, 1.82) is 0 Å². The van der Waals surface area contributed by atoms with Gasteiger partial charge < -0.3 is 4.57 Å². The molecule has 3 nitrogen and oxygen atoms in total. The summed E-state index contributed by atoms with van der Waals surface area (Å²) in [7, 11) is 0. The third-order valence-electron chi connectivity index (χ3n) is 11.5. The Hall–Kier alpha value is -7.88. The van der Waals surface area contributed by atoms with Gasteiger partial charge in [-0.3, -0.25) is 0 Å². The van der Waals surface area contributed by atoms with Gasteiger partial charge in [0.25, 0.3) is 0 Å². The smallest absolute Gasteiger partial charge is 0.160 e. The van der Waals surface area contributed by atoms with E-state index in [1.807, 2.05) is 12.1 Å². The van der Waals surface area contributed by atoms with E-state index in [1.54, 1.807) is 0 Å². The molecule has 276 valence electrons. The van der Waals surface area contributed by atoms with E-state index in [1.165, 1.54) is 55.0 Å². The first-order valence-corrected chi connectivity index (χ1v) is 20.1. The molecule has 0 saturated heterocycles. The van der Waals surface area contributed by atoms with Crippen molar-refractivity contribution < 1.29 is 0 Å². The van der Waals surface area contributed by atoms with Crippen LogP contribution in [0.2, 0.25) is 0 Å². The summed E-state index contributed by atoms with van der Waals surface area (Å²) >= 11 is 0. The van der Waals surface area contributed by atoms with Crippen LogP contribution in [0.3, 0.4) is 0 Å². The molecule has 59 heavy (non-hydrogen) atoms. The van der Waals surface area contributed by atoms with E-state index in [4.69, 9.17) is 9.97 Å². The molecule has 0 aliphatic carbocycles. The average molecular weight is 752 g/mol. The standard InChI is InChI=1S/C56H37N3/c1-3-13-38(14-4-1)39-25-29-44(30-26-39)56-57-52(43-15-5-2-6-16-43)37-53(58-56)49-36-35-46(47-17-7-8-18-48(47)49)42-27-23-40(24-28-42)41-31-33-45(34-32-41)59-54-21-11-9-19-50(54)51-20-10-12-22-55(51)59/h1-37H. The van der Waals surface area contributed by atoms with Gasteiger partial charge in [0.05, 0.1) is 22.4 Å². The first-order chi connectivity index (χ1) is 29.2. The van der Waals surface area contributed by atoms with Crippen LogP contribution in [0, 0.1) is 0 Å². The predicted octanol–water partition coefficient (Wildman–Crippen LogP) is 14.7. The zero-order chi connectivity index (χ0) is 39.1. The van der Waals surface area contributed by atoms with Crippen molar-refractivity contribution >= 4 is 32.6 Å². The average Bonchev–Trinajstić information content (AvgIpc) is 3.66. The van der Waals surface area contributed by atoms with E-state index in [9.17, 15) is 0 Å². The summed E-state index contributed by atoms with van der Waals surface area (Å²) in [6.45, 7) is 0. The van der Waals surface area contributed by atoms with E-state index in [2.05, 4.69) is 217 Å². The monoisotopic (exact) mass is 751 g/mol. The maximum Gasteiger partial charge on any atom is 0.160 e. The number of benzene rings is 9. The second-order valence-electron chi connectivity index (χ2n) is 15.0. The van der Waals surface area contributed by atoms with Gasteiger partial charge in [0.1, 0.15) is 0 Å². The largest absolute Gasteiger partial charge is 0.309 e. The molecule has 9 aromatic carbocycles. The van der Waals surface area contributed by atoms with Crippen LogP contribution in [0.1, 0.15) is 0 Å². The Bertz CT molecular complexity index is 3220. The molecule has 0 atom stereocenters. The second-order valence-corrected chi connectivity index (χ2v) is 15.0. The summed E-state index contributed by atoms with van der Waals surface area (Å²) < 4.78 is 2.36. The lowest BCUT2D eigenvalue weighted by Gasteiger charge is -2.14. The van der Waals surface area contributed by atoms with Crippen LogP contribution >= 0.6 is 0 Å². The lowest BCUT2D eigenvalue weighted by Crippen LogP contribution is -1.97. The van der Waals surface area contributed by atoms with Crippen LogP contribution in [0.25, 0.3) is 106 Å². The fourth-order valence-electron chi connectivity index (χ4n) is 8.53. The van der Waals surface area contributed by atoms with E-state index in [0.717, 1.165) is 44.7 Å². The van der Waals surface area contributed by atoms with Crippen LogP contribution in [0.15, 0.2) is 224 Å². The summed E-state index contributed by atoms with van der Waals surface area (Å²) in [5.41, 5.74) is 15.6. The minimum absolute atomic E-state index is 0.702. The van der Waals surface area contributed by atoms with Crippen molar-refractivity contribution in [2.24, 2.45) is 0 Å². The van der Waals surface area contributed by atoms with Gasteiger partial charge in [0.15, 0.2) is 5.82 Å². The van der Waals surface area contributed by atoms with Crippen LogP contribution in [0.4, 0.5) is 0 Å². The van der Waals surface area contributed by atoms with Crippen LogP contribution in [-0.4, -0.2) is 14.5 Å². The second kappa shape index (κ2) is 14.6. The Morgan fingerprint density at radius 3 is 1.27 bits per heavy atom. The minimum Gasteiger partial charge on any atom is -0.309 e. The van der Waals surface area contributed by atoms with Gasteiger partial charge in [0, 0.05) is 33.2 Å². The molecule has 0 unspecified atom stereocenters. The number of hydrogen-bond acceptors (Lipinski definition) is 2. The van der Waals surface area contributed by atoms with E-state index < -0.39 is 0 Å². The molecule has 0 radical (unpaired) electrons. The fourth-order valence-corrected chi connectivity index (χ4v) is 8.53. The maximum absolute atomic E-state index is 5.24. The molecule has 0 fully saturated rings. The quantitative estimate of drug-likeness (QED) is 0.162. The van der Waals surface area contributed by atoms with Gasteiger partial charge in [-0.05, 0) is 74.5 Å². The molecule has 0 N–H and O–H groups in total. The van der Waals surface area contributed by atoms with Crippen LogP contribution < -0.4 is 0 Å². The van der Waals surface area contributed by atoms with Crippen molar-refractivity contribution in [2.75, 3.05) is 0 Å². The van der Waals surface area contributed by atoms with Crippen LogP contribution in [0.5, 0.6) is 0 Å². The summed E-state index contributed by atoms with van der Waals surface area (Å²) in [5, 5.41) is 4.87. The first-order valence-electron chi connectivity index (χ1n) is 20.1. The molecule has 0 amide bonds. The lowest BCUT2D eigenvalue weighted by molar-refractivity contribution is 1.18. The van der Waals surface area contributed by atoms with Crippen molar-refractivity contribution in [3.8, 4) is 73.0 Å². The molecule has 3 heteroatoms. The lowest BCUT2D eigenvalue weighted by atomic mass is 9.92. The van der Waals surface area contributed by atoms with Gasteiger partial charge in [0.2, 0.25) is 0 Å². The van der Waals surface area contributed by atoms with Crippen molar-refractivity contribution in [1.82, 2.24) is 14.5 Å². The molecule has 0 bridgehead atoms. The number of hydrogen-bond donors (Lipinski definition) is 0. The molecule has 2 heterocycles. The molecule has 0 spiro atoms. The summed E-state index contributed by atoms with van der Waals surface area (Å²) in [6, 6.07) is 79.8. The Labute approximate surface area is 343 Å². The van der Waals surface area contributed by atoms with Gasteiger partial charge in [-0.15, -0.1) is 0 Å². The Kier molecular flexibility index (Phi) is 8.49.